The molecule has 28 heavy (non-hydrogen) atoms. The summed E-state index contributed by atoms with van der Waals surface area (Å²) in [5.41, 5.74) is 0.756. The van der Waals surface area contributed by atoms with Gasteiger partial charge in [-0.2, -0.15) is 0 Å². The van der Waals surface area contributed by atoms with Crippen LogP contribution in [0.5, 0.6) is 5.75 Å². The first-order valence-corrected chi connectivity index (χ1v) is 9.17. The fourth-order valence-corrected chi connectivity index (χ4v) is 3.52. The molecule has 1 unspecified atom stereocenters. The molecular weight excluding hydrogens is 366 g/mol. The van der Waals surface area contributed by atoms with Gasteiger partial charge in [-0.25, -0.2) is 8.78 Å². The van der Waals surface area contributed by atoms with E-state index < -0.39 is 29.7 Å². The predicted molar refractivity (Wildman–Crippen MR) is 102 cm³/mol. The summed E-state index contributed by atoms with van der Waals surface area (Å²) in [4.78, 5) is 14.5. The Labute approximate surface area is 162 Å². The first-order chi connectivity index (χ1) is 13.3. The van der Waals surface area contributed by atoms with Crippen LogP contribution in [0.1, 0.15) is 25.3 Å². The van der Waals surface area contributed by atoms with Gasteiger partial charge >= 0.3 is 0 Å². The van der Waals surface area contributed by atoms with Crippen LogP contribution in [0.25, 0.3) is 0 Å². The second-order valence-electron chi connectivity index (χ2n) is 7.33. The maximum atomic E-state index is 13.9. The van der Waals surface area contributed by atoms with E-state index >= 15 is 0 Å². The van der Waals surface area contributed by atoms with Gasteiger partial charge in [0.15, 0.2) is 0 Å². The maximum Gasteiger partial charge on any atom is 0.232 e. The largest absolute Gasteiger partial charge is 0.491 e. The molecule has 0 spiro atoms. The molecular formula is C21H24F2N2O3. The van der Waals surface area contributed by atoms with E-state index in [-0.39, 0.29) is 17.7 Å². The van der Waals surface area contributed by atoms with E-state index in [4.69, 9.17) is 4.74 Å². The number of halogens is 2. The zero-order valence-electron chi connectivity index (χ0n) is 16.0. The summed E-state index contributed by atoms with van der Waals surface area (Å²) in [6.07, 6.45) is -0.963. The first-order valence-electron chi connectivity index (χ1n) is 9.17. The Bertz CT molecular complexity index is 842. The van der Waals surface area contributed by atoms with Gasteiger partial charge in [0.2, 0.25) is 5.91 Å². The summed E-state index contributed by atoms with van der Waals surface area (Å²) in [5, 5.41) is 13.0. The van der Waals surface area contributed by atoms with Gasteiger partial charge < -0.3 is 15.2 Å². The van der Waals surface area contributed by atoms with Crippen molar-refractivity contribution in [3.63, 3.8) is 0 Å². The molecule has 1 aliphatic heterocycles. The molecule has 3 rings (SSSR count). The first kappa shape index (κ1) is 20.2. The van der Waals surface area contributed by atoms with Crippen LogP contribution in [0.3, 0.4) is 0 Å². The molecule has 2 N–H and O–H groups in total. The maximum absolute atomic E-state index is 13.9. The van der Waals surface area contributed by atoms with E-state index in [1.165, 1.54) is 6.07 Å². The molecule has 3 atom stereocenters. The molecule has 1 aliphatic rings. The SMILES string of the molecule is CC(C)Oc1ccc([C@H]2CN(C)C(O)[C@@H]2C(=O)Nc2ccc(F)cc2F)cc1. The summed E-state index contributed by atoms with van der Waals surface area (Å²) in [5.74, 6) is -2.46. The van der Waals surface area contributed by atoms with Gasteiger partial charge in [-0.1, -0.05) is 12.1 Å². The van der Waals surface area contributed by atoms with Gasteiger partial charge in [-0.3, -0.25) is 9.69 Å². The third-order valence-electron chi connectivity index (χ3n) is 4.86. The zero-order chi connectivity index (χ0) is 20.4. The summed E-state index contributed by atoms with van der Waals surface area (Å²) >= 11 is 0. The molecule has 1 fully saturated rings. The number of anilines is 1. The Morgan fingerprint density at radius 1 is 1.21 bits per heavy atom. The number of aliphatic hydroxyl groups excluding tert-OH is 1. The lowest BCUT2D eigenvalue weighted by Gasteiger charge is -2.22. The van der Waals surface area contributed by atoms with Crippen molar-refractivity contribution in [2.24, 2.45) is 5.92 Å². The number of likely N-dealkylation sites (tertiary alicyclic amines) is 1. The fraction of sp³-hybridized carbons (Fsp3) is 0.381. The number of hydrogen-bond donors (Lipinski definition) is 2. The van der Waals surface area contributed by atoms with Crippen molar-refractivity contribution in [1.29, 1.82) is 0 Å². The summed E-state index contributed by atoms with van der Waals surface area (Å²) in [7, 11) is 1.72. The Kier molecular flexibility index (Phi) is 5.96. The third-order valence-corrected chi connectivity index (χ3v) is 4.86. The Morgan fingerprint density at radius 3 is 2.50 bits per heavy atom. The molecule has 0 radical (unpaired) electrons. The van der Waals surface area contributed by atoms with Gasteiger partial charge in [-0.15, -0.1) is 0 Å². The molecule has 7 heteroatoms. The van der Waals surface area contributed by atoms with Crippen molar-refractivity contribution in [2.45, 2.75) is 32.1 Å². The average molecular weight is 390 g/mol. The van der Waals surface area contributed by atoms with Gasteiger partial charge in [0.05, 0.1) is 17.7 Å². The monoisotopic (exact) mass is 390 g/mol. The van der Waals surface area contributed by atoms with Crippen molar-refractivity contribution < 1.29 is 23.4 Å². The Morgan fingerprint density at radius 2 is 1.89 bits per heavy atom. The van der Waals surface area contributed by atoms with Crippen molar-refractivity contribution >= 4 is 11.6 Å². The summed E-state index contributed by atoms with van der Waals surface area (Å²) in [6.45, 7) is 4.34. The van der Waals surface area contributed by atoms with Gasteiger partial charge in [0, 0.05) is 18.5 Å². The predicted octanol–water partition coefficient (Wildman–Crippen LogP) is 3.35. The van der Waals surface area contributed by atoms with Crippen molar-refractivity contribution in [1.82, 2.24) is 4.90 Å². The molecule has 5 nitrogen and oxygen atoms in total. The van der Waals surface area contributed by atoms with Crippen LogP contribution in [-0.2, 0) is 4.79 Å². The number of likely N-dealkylation sites (N-methyl/N-ethyl adjacent to an activating group) is 1. The van der Waals surface area contributed by atoms with Gasteiger partial charge in [-0.05, 0) is 50.7 Å². The highest BCUT2D eigenvalue weighted by Gasteiger charge is 2.44. The van der Waals surface area contributed by atoms with Crippen LogP contribution in [0, 0.1) is 17.6 Å². The highest BCUT2D eigenvalue weighted by atomic mass is 19.1. The minimum absolute atomic E-state index is 0.0504. The van der Waals surface area contributed by atoms with Crippen LogP contribution in [0.2, 0.25) is 0 Å². The van der Waals surface area contributed by atoms with E-state index in [0.717, 1.165) is 17.4 Å². The van der Waals surface area contributed by atoms with Crippen molar-refractivity contribution in [3.05, 3.63) is 59.7 Å². The van der Waals surface area contributed by atoms with E-state index in [2.05, 4.69) is 5.32 Å². The number of carbonyl (C=O) groups excluding carboxylic acids is 1. The van der Waals surface area contributed by atoms with Gasteiger partial charge in [0.25, 0.3) is 0 Å². The molecule has 1 amide bonds. The average Bonchev–Trinajstić information content (AvgIpc) is 2.92. The van der Waals surface area contributed by atoms with Crippen LogP contribution < -0.4 is 10.1 Å². The molecule has 0 bridgehead atoms. The number of ether oxygens (including phenoxy) is 1. The number of rotatable bonds is 5. The lowest BCUT2D eigenvalue weighted by Crippen LogP contribution is -2.36. The number of carbonyl (C=O) groups is 1. The van der Waals surface area contributed by atoms with E-state index in [0.29, 0.717) is 12.6 Å². The summed E-state index contributed by atoms with van der Waals surface area (Å²) in [6, 6.07) is 10.3. The van der Waals surface area contributed by atoms with E-state index in [9.17, 15) is 18.7 Å². The van der Waals surface area contributed by atoms with Crippen molar-refractivity contribution in [3.8, 4) is 5.75 Å². The van der Waals surface area contributed by atoms with Crippen LogP contribution in [0.4, 0.5) is 14.5 Å². The third kappa shape index (κ3) is 4.31. The lowest BCUT2D eigenvalue weighted by atomic mass is 9.87. The minimum Gasteiger partial charge on any atom is -0.491 e. The molecule has 0 saturated carbocycles. The standard InChI is InChI=1S/C21H24F2N2O3/c1-12(2)28-15-7-4-13(5-8-15)16-11-25(3)21(27)19(16)20(26)24-18-9-6-14(22)10-17(18)23/h4-10,12,16,19,21,27H,11H2,1-3H3,(H,24,26)/t16-,19+,21?/m1/s1. The molecule has 2 aromatic rings. The Balaban J connectivity index is 1.81. The van der Waals surface area contributed by atoms with Crippen LogP contribution >= 0.6 is 0 Å². The topological polar surface area (TPSA) is 61.8 Å². The highest BCUT2D eigenvalue weighted by Crippen LogP contribution is 2.37. The number of benzene rings is 2. The molecule has 1 heterocycles. The number of aliphatic hydroxyl groups is 1. The molecule has 0 aliphatic carbocycles. The molecule has 150 valence electrons. The van der Waals surface area contributed by atoms with Crippen LogP contribution in [0.15, 0.2) is 42.5 Å². The van der Waals surface area contributed by atoms with Gasteiger partial charge in [0.1, 0.15) is 23.6 Å². The molecule has 2 aromatic carbocycles. The number of nitrogens with one attached hydrogen (secondary N) is 1. The second-order valence-corrected chi connectivity index (χ2v) is 7.33. The number of hydrogen-bond acceptors (Lipinski definition) is 4. The lowest BCUT2D eigenvalue weighted by molar-refractivity contribution is -0.124. The highest BCUT2D eigenvalue weighted by molar-refractivity contribution is 5.94. The summed E-state index contributed by atoms with van der Waals surface area (Å²) < 4.78 is 32.6. The Hall–Kier alpha value is -2.51. The second kappa shape index (κ2) is 8.24. The smallest absolute Gasteiger partial charge is 0.232 e. The number of amides is 1. The number of nitrogens with zero attached hydrogens (tertiary/aromatic N) is 1. The van der Waals surface area contributed by atoms with Crippen molar-refractivity contribution in [2.75, 3.05) is 18.9 Å². The van der Waals surface area contributed by atoms with Crippen LogP contribution in [-0.4, -0.2) is 41.8 Å². The quantitative estimate of drug-likeness (QED) is 0.822. The van der Waals surface area contributed by atoms with E-state index in [1.807, 2.05) is 38.1 Å². The fourth-order valence-electron chi connectivity index (χ4n) is 3.52. The van der Waals surface area contributed by atoms with E-state index in [1.54, 1.807) is 11.9 Å². The minimum atomic E-state index is -1.01. The molecule has 0 aromatic heterocycles. The molecule has 1 saturated heterocycles. The normalized spacial score (nSPS) is 22.5. The zero-order valence-corrected chi connectivity index (χ0v) is 16.0.